The van der Waals surface area contributed by atoms with E-state index in [1.165, 1.54) is 0 Å². The van der Waals surface area contributed by atoms with Crippen molar-refractivity contribution in [2.45, 2.75) is 19.4 Å². The minimum absolute atomic E-state index is 0.00969. The number of carbonyl (C=O) groups excluding carboxylic acids is 2. The molecule has 5 rings (SSSR count). The molecule has 186 valence electrons. The molecule has 2 aliphatic heterocycles. The first-order valence-corrected chi connectivity index (χ1v) is 12.5. The number of aromatic nitrogens is 3. The van der Waals surface area contributed by atoms with E-state index in [0.29, 0.717) is 58.8 Å². The van der Waals surface area contributed by atoms with Gasteiger partial charge in [0.25, 0.3) is 0 Å². The van der Waals surface area contributed by atoms with E-state index in [2.05, 4.69) is 17.1 Å². The molecule has 0 atom stereocenters. The fourth-order valence-corrected chi connectivity index (χ4v) is 4.79. The van der Waals surface area contributed by atoms with Gasteiger partial charge in [-0.05, 0) is 36.6 Å². The first kappa shape index (κ1) is 23.9. The Bertz CT molecular complexity index is 1190. The summed E-state index contributed by atoms with van der Waals surface area (Å²) in [6, 6.07) is 14.0. The van der Waals surface area contributed by atoms with Crippen molar-refractivity contribution in [1.82, 2.24) is 24.6 Å². The standard InChI is InChI=1S/C28H31N5O3/c34-26(31-13-10-23(11-14-31)28(35)32-15-17-36-18-16-32)9-8-25-21-33(20-22-5-2-1-3-6-22)30-27(25)24-7-4-12-29-19-24/h1-9,12,19,21,23H,10-11,13-18,20H2/b9-8+. The molecule has 0 aliphatic carbocycles. The number of piperidine rings is 1. The van der Waals surface area contributed by atoms with E-state index in [4.69, 9.17) is 9.84 Å². The Labute approximate surface area is 211 Å². The van der Waals surface area contributed by atoms with Gasteiger partial charge in [0.05, 0.1) is 19.8 Å². The van der Waals surface area contributed by atoms with E-state index in [9.17, 15) is 9.59 Å². The lowest BCUT2D eigenvalue weighted by molar-refractivity contribution is -0.142. The highest BCUT2D eigenvalue weighted by Gasteiger charge is 2.30. The molecule has 1 aromatic carbocycles. The maximum absolute atomic E-state index is 13.0. The van der Waals surface area contributed by atoms with E-state index in [1.54, 1.807) is 18.5 Å². The normalized spacial score (nSPS) is 17.0. The summed E-state index contributed by atoms with van der Waals surface area (Å²) in [4.78, 5) is 33.7. The Morgan fingerprint density at radius 2 is 1.75 bits per heavy atom. The molecule has 2 aliphatic rings. The first-order chi connectivity index (χ1) is 17.7. The quantitative estimate of drug-likeness (QED) is 0.501. The second-order valence-electron chi connectivity index (χ2n) is 9.23. The molecule has 2 saturated heterocycles. The van der Waals surface area contributed by atoms with Crippen LogP contribution in [0.2, 0.25) is 0 Å². The van der Waals surface area contributed by atoms with Gasteiger partial charge in [0.1, 0.15) is 5.69 Å². The van der Waals surface area contributed by atoms with Gasteiger partial charge < -0.3 is 14.5 Å². The number of amides is 2. The summed E-state index contributed by atoms with van der Waals surface area (Å²) in [5, 5.41) is 4.79. The van der Waals surface area contributed by atoms with Crippen LogP contribution >= 0.6 is 0 Å². The van der Waals surface area contributed by atoms with Gasteiger partial charge in [-0.2, -0.15) is 5.10 Å². The zero-order chi connectivity index (χ0) is 24.7. The number of carbonyl (C=O) groups is 2. The molecule has 0 spiro atoms. The molecule has 0 saturated carbocycles. The molecule has 3 aromatic rings. The summed E-state index contributed by atoms with van der Waals surface area (Å²) in [5.41, 5.74) is 3.71. The maximum Gasteiger partial charge on any atom is 0.246 e. The SMILES string of the molecule is O=C(/C=C/c1cn(Cc2ccccc2)nc1-c1cccnc1)N1CCC(C(=O)N2CCOCC2)CC1. The number of ether oxygens (including phenoxy) is 1. The number of nitrogens with zero attached hydrogens (tertiary/aromatic N) is 5. The monoisotopic (exact) mass is 485 g/mol. The lowest BCUT2D eigenvalue weighted by Gasteiger charge is -2.35. The van der Waals surface area contributed by atoms with Crippen LogP contribution in [0.1, 0.15) is 24.0 Å². The second kappa shape index (κ2) is 11.3. The Kier molecular flexibility index (Phi) is 7.52. The Morgan fingerprint density at radius 3 is 2.47 bits per heavy atom. The Hall–Kier alpha value is -3.78. The third-order valence-electron chi connectivity index (χ3n) is 6.80. The topological polar surface area (TPSA) is 80.6 Å². The number of hydrogen-bond donors (Lipinski definition) is 0. The highest BCUT2D eigenvalue weighted by molar-refractivity contribution is 5.93. The summed E-state index contributed by atoms with van der Waals surface area (Å²) in [5.74, 6) is 0.151. The van der Waals surface area contributed by atoms with Crippen LogP contribution in [0.3, 0.4) is 0 Å². The van der Waals surface area contributed by atoms with Crippen LogP contribution in [0.5, 0.6) is 0 Å². The lowest BCUT2D eigenvalue weighted by Crippen LogP contribution is -2.47. The summed E-state index contributed by atoms with van der Waals surface area (Å²) in [7, 11) is 0. The van der Waals surface area contributed by atoms with Gasteiger partial charge in [0, 0.05) is 67.9 Å². The van der Waals surface area contributed by atoms with Crippen molar-refractivity contribution in [2.24, 2.45) is 5.92 Å². The van der Waals surface area contributed by atoms with Gasteiger partial charge in [-0.3, -0.25) is 19.3 Å². The van der Waals surface area contributed by atoms with Crippen LogP contribution < -0.4 is 0 Å². The molecule has 0 unspecified atom stereocenters. The molecule has 8 heteroatoms. The minimum atomic E-state index is -0.0415. The summed E-state index contributed by atoms with van der Waals surface area (Å²) < 4.78 is 7.25. The van der Waals surface area contributed by atoms with Gasteiger partial charge in [0.2, 0.25) is 11.8 Å². The molecule has 0 radical (unpaired) electrons. The van der Waals surface area contributed by atoms with Crippen molar-refractivity contribution in [3.63, 3.8) is 0 Å². The van der Waals surface area contributed by atoms with E-state index in [1.807, 2.05) is 57.1 Å². The summed E-state index contributed by atoms with van der Waals surface area (Å²) in [6.07, 6.45) is 10.3. The van der Waals surface area contributed by atoms with Crippen LogP contribution in [0.25, 0.3) is 17.3 Å². The average Bonchev–Trinajstić information content (AvgIpc) is 3.35. The smallest absolute Gasteiger partial charge is 0.246 e. The van der Waals surface area contributed by atoms with E-state index >= 15 is 0 Å². The molecular formula is C28H31N5O3. The van der Waals surface area contributed by atoms with Crippen LogP contribution in [-0.4, -0.2) is 75.8 Å². The van der Waals surface area contributed by atoms with Gasteiger partial charge in [-0.1, -0.05) is 30.3 Å². The van der Waals surface area contributed by atoms with Gasteiger partial charge in [0.15, 0.2) is 0 Å². The average molecular weight is 486 g/mol. The fraction of sp³-hybridized carbons (Fsp3) is 0.357. The molecule has 36 heavy (non-hydrogen) atoms. The lowest BCUT2D eigenvalue weighted by atomic mass is 9.95. The molecule has 0 bridgehead atoms. The zero-order valence-corrected chi connectivity index (χ0v) is 20.3. The van der Waals surface area contributed by atoms with Crippen LogP contribution in [-0.2, 0) is 20.9 Å². The third-order valence-corrected chi connectivity index (χ3v) is 6.80. The third kappa shape index (κ3) is 5.71. The van der Waals surface area contributed by atoms with Crippen molar-refractivity contribution in [3.05, 3.63) is 78.3 Å². The second-order valence-corrected chi connectivity index (χ2v) is 9.23. The predicted molar refractivity (Wildman–Crippen MR) is 137 cm³/mol. The van der Waals surface area contributed by atoms with E-state index < -0.39 is 0 Å². The van der Waals surface area contributed by atoms with Crippen molar-refractivity contribution >= 4 is 17.9 Å². The number of benzene rings is 1. The first-order valence-electron chi connectivity index (χ1n) is 12.5. The van der Waals surface area contributed by atoms with Crippen molar-refractivity contribution in [2.75, 3.05) is 39.4 Å². The number of pyridine rings is 1. The van der Waals surface area contributed by atoms with Crippen molar-refractivity contribution < 1.29 is 14.3 Å². The van der Waals surface area contributed by atoms with Gasteiger partial charge >= 0.3 is 0 Å². The van der Waals surface area contributed by atoms with E-state index in [0.717, 1.165) is 22.4 Å². The molecule has 2 aromatic heterocycles. The van der Waals surface area contributed by atoms with Gasteiger partial charge in [-0.15, -0.1) is 0 Å². The molecule has 8 nitrogen and oxygen atoms in total. The Balaban J connectivity index is 1.25. The number of likely N-dealkylation sites (tertiary alicyclic amines) is 1. The molecular weight excluding hydrogens is 454 g/mol. The van der Waals surface area contributed by atoms with Crippen LogP contribution in [0.4, 0.5) is 0 Å². The predicted octanol–water partition coefficient (Wildman–Crippen LogP) is 3.10. The zero-order valence-electron chi connectivity index (χ0n) is 20.3. The highest BCUT2D eigenvalue weighted by atomic mass is 16.5. The molecule has 2 fully saturated rings. The molecule has 2 amide bonds. The molecule has 4 heterocycles. The van der Waals surface area contributed by atoms with Gasteiger partial charge in [-0.25, -0.2) is 0 Å². The van der Waals surface area contributed by atoms with Crippen molar-refractivity contribution in [1.29, 1.82) is 0 Å². The van der Waals surface area contributed by atoms with E-state index in [-0.39, 0.29) is 17.7 Å². The highest BCUT2D eigenvalue weighted by Crippen LogP contribution is 2.24. The number of hydrogen-bond acceptors (Lipinski definition) is 5. The number of rotatable bonds is 6. The summed E-state index contributed by atoms with van der Waals surface area (Å²) >= 11 is 0. The minimum Gasteiger partial charge on any atom is -0.378 e. The fourth-order valence-electron chi connectivity index (χ4n) is 4.79. The molecule has 0 N–H and O–H groups in total. The van der Waals surface area contributed by atoms with Crippen LogP contribution in [0, 0.1) is 5.92 Å². The van der Waals surface area contributed by atoms with Crippen LogP contribution in [0.15, 0.2) is 67.1 Å². The largest absolute Gasteiger partial charge is 0.378 e. The number of morpholine rings is 1. The Morgan fingerprint density at radius 1 is 0.972 bits per heavy atom. The van der Waals surface area contributed by atoms with Crippen molar-refractivity contribution in [3.8, 4) is 11.3 Å². The maximum atomic E-state index is 13.0. The summed E-state index contributed by atoms with van der Waals surface area (Å²) in [6.45, 7) is 4.36.